The highest BCUT2D eigenvalue weighted by Crippen LogP contribution is 2.40. The Hall–Kier alpha value is -3.44. The molecule has 32 heavy (non-hydrogen) atoms. The summed E-state index contributed by atoms with van der Waals surface area (Å²) in [5.41, 5.74) is 4.72. The van der Waals surface area contributed by atoms with Gasteiger partial charge in [-0.25, -0.2) is 9.29 Å². The Morgan fingerprint density at radius 1 is 0.938 bits per heavy atom. The van der Waals surface area contributed by atoms with Crippen molar-refractivity contribution in [2.45, 2.75) is 19.8 Å². The van der Waals surface area contributed by atoms with Gasteiger partial charge in [-0.15, -0.1) is 0 Å². The van der Waals surface area contributed by atoms with Gasteiger partial charge in [0.25, 0.3) is 11.8 Å². The number of carbonyl (C=O) groups excluding carboxylic acids is 2. The van der Waals surface area contributed by atoms with Crippen LogP contribution < -0.4 is 9.80 Å². The Morgan fingerprint density at radius 2 is 1.69 bits per heavy atom. The topological polar surface area (TPSA) is 40.6 Å². The van der Waals surface area contributed by atoms with Gasteiger partial charge >= 0.3 is 0 Å². The van der Waals surface area contributed by atoms with Gasteiger partial charge in [0.05, 0.1) is 16.3 Å². The normalized spacial score (nSPS) is 16.1. The summed E-state index contributed by atoms with van der Waals surface area (Å²) >= 11 is 5.96. The zero-order valence-corrected chi connectivity index (χ0v) is 18.2. The van der Waals surface area contributed by atoms with Crippen molar-refractivity contribution in [1.82, 2.24) is 0 Å². The monoisotopic (exact) mass is 446 g/mol. The number of nitrogens with zero attached hydrogens (tertiary/aromatic N) is 2. The number of para-hydroxylation sites is 1. The molecule has 0 fully saturated rings. The molecule has 160 valence electrons. The smallest absolute Gasteiger partial charge is 0.282 e. The highest BCUT2D eigenvalue weighted by atomic mass is 35.5. The number of anilines is 2. The summed E-state index contributed by atoms with van der Waals surface area (Å²) in [6.45, 7) is 2.59. The molecule has 2 aliphatic rings. The number of halogens is 2. The average molecular weight is 447 g/mol. The molecule has 2 amide bonds. The third-order valence-corrected chi connectivity index (χ3v) is 6.23. The Kier molecular flexibility index (Phi) is 5.06. The van der Waals surface area contributed by atoms with E-state index >= 15 is 0 Å². The first-order chi connectivity index (χ1) is 15.5. The van der Waals surface area contributed by atoms with Crippen LogP contribution in [0.4, 0.5) is 15.8 Å². The van der Waals surface area contributed by atoms with Gasteiger partial charge < -0.3 is 4.90 Å². The van der Waals surface area contributed by atoms with Gasteiger partial charge in [0, 0.05) is 12.2 Å². The molecular weight excluding hydrogens is 427 g/mol. The first kappa shape index (κ1) is 20.5. The fourth-order valence-electron chi connectivity index (χ4n) is 4.37. The number of aryl methyl sites for hydroxylation is 2. The van der Waals surface area contributed by atoms with Crippen LogP contribution in [0.3, 0.4) is 0 Å². The van der Waals surface area contributed by atoms with Crippen molar-refractivity contribution in [3.63, 3.8) is 0 Å². The highest BCUT2D eigenvalue weighted by Gasteiger charge is 2.43. The second kappa shape index (κ2) is 7.92. The zero-order valence-electron chi connectivity index (χ0n) is 17.4. The van der Waals surface area contributed by atoms with Crippen LogP contribution in [0.2, 0.25) is 5.02 Å². The summed E-state index contributed by atoms with van der Waals surface area (Å²) in [6, 6.07) is 19.4. The highest BCUT2D eigenvalue weighted by molar-refractivity contribution is 6.46. The molecule has 5 rings (SSSR count). The first-order valence-corrected chi connectivity index (χ1v) is 10.8. The molecule has 3 aromatic carbocycles. The number of carbonyl (C=O) groups is 2. The minimum atomic E-state index is -0.605. The van der Waals surface area contributed by atoms with Crippen molar-refractivity contribution in [3.8, 4) is 0 Å². The van der Waals surface area contributed by atoms with Crippen molar-refractivity contribution in [3.05, 3.63) is 100.0 Å². The van der Waals surface area contributed by atoms with Gasteiger partial charge in [-0.2, -0.15) is 0 Å². The average Bonchev–Trinajstić information content (AvgIpc) is 3.06. The van der Waals surface area contributed by atoms with Crippen LogP contribution in [0.5, 0.6) is 0 Å². The maximum atomic E-state index is 13.8. The summed E-state index contributed by atoms with van der Waals surface area (Å²) in [5.74, 6) is -1.49. The van der Waals surface area contributed by atoms with Crippen LogP contribution in [-0.4, -0.2) is 18.4 Å². The van der Waals surface area contributed by atoms with Gasteiger partial charge in [0.1, 0.15) is 11.5 Å². The lowest BCUT2D eigenvalue weighted by atomic mass is 9.98. The van der Waals surface area contributed by atoms with Gasteiger partial charge in [0.2, 0.25) is 0 Å². The first-order valence-electron chi connectivity index (χ1n) is 10.5. The van der Waals surface area contributed by atoms with E-state index in [2.05, 4.69) is 0 Å². The number of benzene rings is 3. The number of fused-ring (bicyclic) bond motifs is 1. The van der Waals surface area contributed by atoms with Crippen LogP contribution in [0.25, 0.3) is 5.57 Å². The quantitative estimate of drug-likeness (QED) is 0.497. The number of imide groups is 1. The van der Waals surface area contributed by atoms with Gasteiger partial charge in [0.15, 0.2) is 0 Å². The van der Waals surface area contributed by atoms with E-state index < -0.39 is 17.6 Å². The third-order valence-electron chi connectivity index (χ3n) is 5.94. The summed E-state index contributed by atoms with van der Waals surface area (Å²) < 4.78 is 13.8. The summed E-state index contributed by atoms with van der Waals surface area (Å²) in [6.07, 6.45) is 1.78. The Bertz CT molecular complexity index is 1280. The van der Waals surface area contributed by atoms with E-state index in [1.807, 2.05) is 60.4 Å². The van der Waals surface area contributed by atoms with Crippen molar-refractivity contribution in [1.29, 1.82) is 0 Å². The van der Waals surface area contributed by atoms with E-state index in [4.69, 9.17) is 11.6 Å². The number of amides is 2. The second-order valence-electron chi connectivity index (χ2n) is 8.02. The molecule has 6 heteroatoms. The van der Waals surface area contributed by atoms with Crippen LogP contribution in [0.15, 0.2) is 72.4 Å². The van der Waals surface area contributed by atoms with Crippen LogP contribution in [0, 0.1) is 12.7 Å². The molecule has 0 radical (unpaired) electrons. The molecule has 3 aromatic rings. The van der Waals surface area contributed by atoms with E-state index in [1.54, 1.807) is 0 Å². The van der Waals surface area contributed by atoms with Crippen molar-refractivity contribution in [2.24, 2.45) is 0 Å². The number of hydrogen-bond acceptors (Lipinski definition) is 3. The molecule has 4 nitrogen and oxygen atoms in total. The molecule has 0 spiro atoms. The van der Waals surface area contributed by atoms with E-state index in [0.717, 1.165) is 40.6 Å². The van der Waals surface area contributed by atoms with Crippen molar-refractivity contribution < 1.29 is 14.0 Å². The lowest BCUT2D eigenvalue weighted by molar-refractivity contribution is -0.120. The molecule has 0 saturated heterocycles. The number of rotatable bonds is 3. The van der Waals surface area contributed by atoms with Gasteiger partial charge in [-0.1, -0.05) is 59.6 Å². The standard InChI is InChI=1S/C26H20ClFN2O2/c1-16-8-10-18(11-9-16)23-24(29-14-4-6-17-5-2-3-7-22(17)29)26(32)30(25(23)31)19-12-13-21(28)20(27)15-19/h2-3,5,7-13,15H,4,6,14H2,1H3. The molecule has 0 N–H and O–H groups in total. The molecule has 0 unspecified atom stereocenters. The lowest BCUT2D eigenvalue weighted by Gasteiger charge is -2.32. The minimum absolute atomic E-state index is 0.142. The second-order valence-corrected chi connectivity index (χ2v) is 8.42. The van der Waals surface area contributed by atoms with Crippen LogP contribution >= 0.6 is 11.6 Å². The summed E-state index contributed by atoms with van der Waals surface area (Å²) in [4.78, 5) is 30.4. The van der Waals surface area contributed by atoms with Gasteiger partial charge in [-0.3, -0.25) is 9.59 Å². The van der Waals surface area contributed by atoms with Crippen LogP contribution in [-0.2, 0) is 16.0 Å². The van der Waals surface area contributed by atoms with Crippen LogP contribution in [0.1, 0.15) is 23.1 Å². The van der Waals surface area contributed by atoms with Crippen molar-refractivity contribution in [2.75, 3.05) is 16.3 Å². The predicted octanol–water partition coefficient (Wildman–Crippen LogP) is 5.52. The molecule has 0 saturated carbocycles. The molecule has 0 aliphatic carbocycles. The van der Waals surface area contributed by atoms with E-state index in [1.165, 1.54) is 12.1 Å². The largest absolute Gasteiger partial charge is 0.336 e. The van der Waals surface area contributed by atoms with E-state index in [9.17, 15) is 14.0 Å². The van der Waals surface area contributed by atoms with E-state index in [-0.39, 0.29) is 10.7 Å². The minimum Gasteiger partial charge on any atom is -0.336 e. The number of hydrogen-bond donors (Lipinski definition) is 0. The lowest BCUT2D eigenvalue weighted by Crippen LogP contribution is -2.37. The molecule has 0 bridgehead atoms. The Balaban J connectivity index is 1.70. The van der Waals surface area contributed by atoms with E-state index in [0.29, 0.717) is 23.4 Å². The summed E-state index contributed by atoms with van der Waals surface area (Å²) in [7, 11) is 0. The van der Waals surface area contributed by atoms with Crippen molar-refractivity contribution >= 4 is 40.4 Å². The maximum absolute atomic E-state index is 13.8. The maximum Gasteiger partial charge on any atom is 0.282 e. The molecule has 0 atom stereocenters. The Morgan fingerprint density at radius 3 is 2.44 bits per heavy atom. The zero-order chi connectivity index (χ0) is 22.4. The Labute approximate surface area is 190 Å². The van der Waals surface area contributed by atoms with Gasteiger partial charge in [-0.05, 0) is 55.2 Å². The molecule has 2 aliphatic heterocycles. The fraction of sp³-hybridized carbons (Fsp3) is 0.154. The third kappa shape index (κ3) is 3.30. The fourth-order valence-corrected chi connectivity index (χ4v) is 4.55. The SMILES string of the molecule is Cc1ccc(C2=C(N3CCCc4ccccc43)C(=O)N(c3ccc(F)c(Cl)c3)C2=O)cc1. The molecular formula is C26H20ClFN2O2. The molecule has 2 heterocycles. The molecule has 0 aromatic heterocycles. The summed E-state index contributed by atoms with van der Waals surface area (Å²) in [5, 5.41) is -0.142. The predicted molar refractivity (Wildman–Crippen MR) is 124 cm³/mol.